The summed E-state index contributed by atoms with van der Waals surface area (Å²) in [5.41, 5.74) is 2.89. The molecule has 0 aliphatic carbocycles. The van der Waals surface area contributed by atoms with Crippen LogP contribution in [0.15, 0.2) is 61.4 Å². The molecule has 6 rings (SSSR count). The number of fused-ring (bicyclic) bond motifs is 2. The van der Waals surface area contributed by atoms with Gasteiger partial charge >= 0.3 is 0 Å². The predicted molar refractivity (Wildman–Crippen MR) is 154 cm³/mol. The lowest BCUT2D eigenvalue weighted by Crippen LogP contribution is -2.51. The van der Waals surface area contributed by atoms with Crippen molar-refractivity contribution in [3.8, 4) is 11.5 Å². The van der Waals surface area contributed by atoms with E-state index in [9.17, 15) is 9.18 Å². The summed E-state index contributed by atoms with van der Waals surface area (Å²) >= 11 is 0. The Kier molecular flexibility index (Phi) is 7.07. The Labute approximate surface area is 239 Å². The number of carbonyl (C=O) groups is 1. The lowest BCUT2D eigenvalue weighted by atomic mass is 10.0. The number of benzene rings is 2. The van der Waals surface area contributed by atoms with Gasteiger partial charge in [-0.25, -0.2) is 28.4 Å². The maximum absolute atomic E-state index is 15.6. The molecular formula is C29H27F2N9O2. The van der Waals surface area contributed by atoms with Crippen LogP contribution < -0.4 is 20.3 Å². The Morgan fingerprint density at radius 1 is 1.14 bits per heavy atom. The minimum Gasteiger partial charge on any atom is -0.457 e. The summed E-state index contributed by atoms with van der Waals surface area (Å²) in [5, 5.41) is 13.9. The van der Waals surface area contributed by atoms with Gasteiger partial charge in [-0.3, -0.25) is 4.79 Å². The molecule has 1 fully saturated rings. The van der Waals surface area contributed by atoms with Crippen molar-refractivity contribution in [3.63, 3.8) is 0 Å². The van der Waals surface area contributed by atoms with E-state index < -0.39 is 18.0 Å². The van der Waals surface area contributed by atoms with Crippen LogP contribution in [0, 0.1) is 12.7 Å². The third-order valence-electron chi connectivity index (χ3n) is 7.12. The van der Waals surface area contributed by atoms with Gasteiger partial charge in [0, 0.05) is 37.7 Å². The number of amides is 1. The highest BCUT2D eigenvalue weighted by Crippen LogP contribution is 2.34. The first-order valence-electron chi connectivity index (χ1n) is 13.3. The molecule has 42 heavy (non-hydrogen) atoms. The zero-order valence-corrected chi connectivity index (χ0v) is 22.9. The fraction of sp³-hybridized carbons (Fsp3) is 0.241. The van der Waals surface area contributed by atoms with Crippen molar-refractivity contribution < 1.29 is 18.3 Å². The highest BCUT2D eigenvalue weighted by Gasteiger charge is 2.29. The van der Waals surface area contributed by atoms with Gasteiger partial charge in [-0.1, -0.05) is 11.8 Å². The number of ether oxygens (including phenoxy) is 1. The van der Waals surface area contributed by atoms with E-state index in [0.717, 1.165) is 11.6 Å². The molecule has 1 saturated heterocycles. The molecule has 4 heterocycles. The number of rotatable bonds is 7. The molecule has 2 atom stereocenters. The molecule has 0 radical (unpaired) electrons. The summed E-state index contributed by atoms with van der Waals surface area (Å²) in [4.78, 5) is 26.8. The van der Waals surface area contributed by atoms with Gasteiger partial charge < -0.3 is 20.3 Å². The van der Waals surface area contributed by atoms with Gasteiger partial charge in [-0.2, -0.15) is 0 Å². The second kappa shape index (κ2) is 11.0. The number of aryl methyl sites for hydroxylation is 1. The molecule has 1 aliphatic rings. The molecule has 0 unspecified atom stereocenters. The van der Waals surface area contributed by atoms with Crippen LogP contribution >= 0.6 is 0 Å². The summed E-state index contributed by atoms with van der Waals surface area (Å²) in [6.45, 7) is 5.56. The van der Waals surface area contributed by atoms with Crippen molar-refractivity contribution in [2.75, 3.05) is 23.3 Å². The quantitative estimate of drug-likeness (QED) is 0.272. The van der Waals surface area contributed by atoms with Crippen molar-refractivity contribution in [1.29, 1.82) is 0 Å². The average molecular weight is 572 g/mol. The van der Waals surface area contributed by atoms with Gasteiger partial charge in [0.1, 0.15) is 40.8 Å². The third kappa shape index (κ3) is 5.28. The number of piperidine rings is 1. The highest BCUT2D eigenvalue weighted by atomic mass is 19.1. The number of pyridine rings is 1. The summed E-state index contributed by atoms with van der Waals surface area (Å²) in [6, 6.07) is 11.7. The molecule has 0 bridgehead atoms. The van der Waals surface area contributed by atoms with Crippen LogP contribution in [0.2, 0.25) is 0 Å². The van der Waals surface area contributed by atoms with Crippen molar-refractivity contribution in [2.24, 2.45) is 7.05 Å². The molecular weight excluding hydrogens is 544 g/mol. The van der Waals surface area contributed by atoms with Crippen molar-refractivity contribution in [2.45, 2.75) is 25.6 Å². The number of anilines is 3. The third-order valence-corrected chi connectivity index (χ3v) is 7.12. The number of halogens is 2. The molecule has 13 heteroatoms. The second-order valence-electron chi connectivity index (χ2n) is 10.0. The monoisotopic (exact) mass is 571 g/mol. The molecule has 3 aromatic heterocycles. The zero-order valence-electron chi connectivity index (χ0n) is 22.9. The Balaban J connectivity index is 1.25. The number of hydrogen-bond donors (Lipinski definition) is 2. The Morgan fingerprint density at radius 2 is 2.00 bits per heavy atom. The number of carbonyl (C=O) groups excluding carboxylic acids is 1. The highest BCUT2D eigenvalue weighted by molar-refractivity contribution is 5.89. The molecule has 2 aromatic carbocycles. The molecule has 2 N–H and O–H groups in total. The SMILES string of the molecule is C=CC(=O)N[C@@H]1C[C@H](F)CN(c2ccc3ncnc(Nc4ccc(Oc5ccc6c(c5)nnn6C)c(C)c4F)c3n2)C1. The first kappa shape index (κ1) is 27.0. The van der Waals surface area contributed by atoms with Crippen LogP contribution in [-0.4, -0.2) is 61.2 Å². The minimum atomic E-state index is -1.16. The summed E-state index contributed by atoms with van der Waals surface area (Å²) in [7, 11) is 1.80. The number of hydrogen-bond acceptors (Lipinski definition) is 9. The van der Waals surface area contributed by atoms with Crippen molar-refractivity contribution in [1.82, 2.24) is 35.3 Å². The topological polar surface area (TPSA) is 123 Å². The van der Waals surface area contributed by atoms with Crippen LogP contribution in [0.1, 0.15) is 12.0 Å². The van der Waals surface area contributed by atoms with E-state index in [1.54, 1.807) is 60.0 Å². The van der Waals surface area contributed by atoms with Gasteiger partial charge in [-0.15, -0.1) is 5.10 Å². The first-order valence-corrected chi connectivity index (χ1v) is 13.3. The van der Waals surface area contributed by atoms with E-state index in [1.807, 2.05) is 6.07 Å². The van der Waals surface area contributed by atoms with Gasteiger partial charge in [0.2, 0.25) is 5.91 Å². The van der Waals surface area contributed by atoms with E-state index in [2.05, 4.69) is 37.5 Å². The van der Waals surface area contributed by atoms with E-state index in [1.165, 1.54) is 6.33 Å². The number of aromatic nitrogens is 6. The molecule has 1 aliphatic heterocycles. The maximum atomic E-state index is 15.6. The fourth-order valence-electron chi connectivity index (χ4n) is 5.00. The largest absolute Gasteiger partial charge is 0.457 e. The van der Waals surface area contributed by atoms with Gasteiger partial charge in [-0.05, 0) is 49.4 Å². The van der Waals surface area contributed by atoms with Crippen molar-refractivity contribution in [3.05, 3.63) is 72.8 Å². The van der Waals surface area contributed by atoms with Crippen LogP contribution in [-0.2, 0) is 11.8 Å². The molecule has 11 nitrogen and oxygen atoms in total. The van der Waals surface area contributed by atoms with Gasteiger partial charge in [0.05, 0.1) is 23.3 Å². The van der Waals surface area contributed by atoms with Crippen LogP contribution in [0.3, 0.4) is 0 Å². The van der Waals surface area contributed by atoms with Crippen LogP contribution in [0.5, 0.6) is 11.5 Å². The van der Waals surface area contributed by atoms with E-state index in [-0.39, 0.29) is 30.4 Å². The van der Waals surface area contributed by atoms with E-state index in [4.69, 9.17) is 9.72 Å². The first-order chi connectivity index (χ1) is 20.3. The number of nitrogens with zero attached hydrogens (tertiary/aromatic N) is 7. The van der Waals surface area contributed by atoms with Crippen LogP contribution in [0.25, 0.3) is 22.1 Å². The second-order valence-corrected chi connectivity index (χ2v) is 10.0. The number of alkyl halides is 1. The lowest BCUT2D eigenvalue weighted by molar-refractivity contribution is -0.117. The van der Waals surface area contributed by atoms with Crippen molar-refractivity contribution >= 4 is 45.3 Å². The summed E-state index contributed by atoms with van der Waals surface area (Å²) in [5.74, 6) is 0.740. The predicted octanol–water partition coefficient (Wildman–Crippen LogP) is 4.51. The maximum Gasteiger partial charge on any atom is 0.243 e. The molecule has 214 valence electrons. The smallest absolute Gasteiger partial charge is 0.243 e. The normalized spacial score (nSPS) is 16.9. The standard InChI is InChI=1S/C29H27F2N9O2/c1-4-26(41)34-18-11-17(30)13-40(14-18)25-10-7-21-28(36-25)29(33-15-32-21)35-20-6-9-24(16(2)27(20)31)42-19-5-8-23-22(12-19)37-38-39(23)3/h4-10,12,15,17-18H,1,11,13-14H2,2-3H3,(H,34,41)(H,32,33,35)/t17-,18+/m0/s1. The Bertz CT molecular complexity index is 1830. The van der Waals surface area contributed by atoms with Crippen LogP contribution in [0.4, 0.5) is 26.1 Å². The minimum absolute atomic E-state index is 0.120. The lowest BCUT2D eigenvalue weighted by Gasteiger charge is -2.35. The number of nitrogens with one attached hydrogen (secondary N) is 2. The Hall–Kier alpha value is -5.20. The molecule has 5 aromatic rings. The van der Waals surface area contributed by atoms with E-state index >= 15 is 4.39 Å². The Morgan fingerprint density at radius 3 is 2.83 bits per heavy atom. The van der Waals surface area contributed by atoms with E-state index in [0.29, 0.717) is 46.0 Å². The molecule has 1 amide bonds. The zero-order chi connectivity index (χ0) is 29.4. The van der Waals surface area contributed by atoms with Gasteiger partial charge in [0.25, 0.3) is 0 Å². The molecule has 0 spiro atoms. The summed E-state index contributed by atoms with van der Waals surface area (Å²) in [6.07, 6.45) is 1.56. The summed E-state index contributed by atoms with van der Waals surface area (Å²) < 4.78 is 37.8. The average Bonchev–Trinajstić information content (AvgIpc) is 3.36. The van der Waals surface area contributed by atoms with Gasteiger partial charge in [0.15, 0.2) is 11.6 Å². The molecule has 0 saturated carbocycles. The fourth-order valence-corrected chi connectivity index (χ4v) is 5.00.